The van der Waals surface area contributed by atoms with Crippen molar-refractivity contribution in [3.63, 3.8) is 0 Å². The number of carbonyl (C=O) groups is 1. The van der Waals surface area contributed by atoms with Crippen molar-refractivity contribution in [3.05, 3.63) is 48.5 Å². The first-order valence-corrected chi connectivity index (χ1v) is 7.38. The zero-order valence-corrected chi connectivity index (χ0v) is 13.9. The van der Waals surface area contributed by atoms with Gasteiger partial charge in [-0.25, -0.2) is 0 Å². The lowest BCUT2D eigenvalue weighted by Gasteiger charge is -2.16. The molecule has 1 unspecified atom stereocenters. The minimum Gasteiger partial charge on any atom is -0.497 e. The highest BCUT2D eigenvalue weighted by Crippen LogP contribution is 2.19. The van der Waals surface area contributed by atoms with Crippen LogP contribution in [-0.2, 0) is 4.79 Å². The highest BCUT2D eigenvalue weighted by atomic mass is 16.5. The zero-order valence-electron chi connectivity index (χ0n) is 13.9. The number of hydrogen-bond donors (Lipinski definition) is 1. The predicted octanol–water partition coefficient (Wildman–Crippen LogP) is 3.17. The van der Waals surface area contributed by atoms with Crippen molar-refractivity contribution in [1.29, 1.82) is 0 Å². The van der Waals surface area contributed by atoms with Crippen LogP contribution in [0.4, 0.5) is 11.4 Å². The van der Waals surface area contributed by atoms with Crippen LogP contribution in [0.3, 0.4) is 0 Å². The van der Waals surface area contributed by atoms with Gasteiger partial charge in [0.2, 0.25) is 0 Å². The van der Waals surface area contributed by atoms with E-state index < -0.39 is 6.10 Å². The number of nitrogens with one attached hydrogen (secondary N) is 1. The molecule has 23 heavy (non-hydrogen) atoms. The Morgan fingerprint density at radius 3 is 2.09 bits per heavy atom. The lowest BCUT2D eigenvalue weighted by atomic mass is 10.2. The monoisotopic (exact) mass is 314 g/mol. The topological polar surface area (TPSA) is 50.8 Å². The number of hydrogen-bond acceptors (Lipinski definition) is 4. The maximum absolute atomic E-state index is 12.2. The minimum atomic E-state index is -0.600. The van der Waals surface area contributed by atoms with Crippen LogP contribution in [0, 0.1) is 0 Å². The molecule has 0 radical (unpaired) electrons. The van der Waals surface area contributed by atoms with Crippen molar-refractivity contribution in [2.45, 2.75) is 13.0 Å². The Morgan fingerprint density at radius 1 is 1.00 bits per heavy atom. The second-order valence-corrected chi connectivity index (χ2v) is 5.37. The van der Waals surface area contributed by atoms with E-state index in [0.29, 0.717) is 5.75 Å². The summed E-state index contributed by atoms with van der Waals surface area (Å²) in [7, 11) is 5.55. The van der Waals surface area contributed by atoms with E-state index in [1.165, 1.54) is 0 Å². The van der Waals surface area contributed by atoms with Crippen LogP contribution < -0.4 is 19.7 Å². The van der Waals surface area contributed by atoms with Gasteiger partial charge in [-0.3, -0.25) is 4.79 Å². The molecule has 1 amide bonds. The van der Waals surface area contributed by atoms with E-state index in [9.17, 15) is 4.79 Å². The molecule has 0 fully saturated rings. The van der Waals surface area contributed by atoms with Crippen LogP contribution in [-0.4, -0.2) is 33.2 Å². The van der Waals surface area contributed by atoms with E-state index in [-0.39, 0.29) is 5.91 Å². The number of ether oxygens (including phenoxy) is 2. The number of amides is 1. The van der Waals surface area contributed by atoms with Crippen molar-refractivity contribution in [2.24, 2.45) is 0 Å². The summed E-state index contributed by atoms with van der Waals surface area (Å²) in [4.78, 5) is 14.2. The SMILES string of the molecule is COc1ccc(OC(C)C(=O)Nc2ccc(N(C)C)cc2)cc1. The second-order valence-electron chi connectivity index (χ2n) is 5.37. The highest BCUT2D eigenvalue weighted by molar-refractivity contribution is 5.94. The lowest BCUT2D eigenvalue weighted by Crippen LogP contribution is -2.30. The average molecular weight is 314 g/mol. The molecule has 2 rings (SSSR count). The van der Waals surface area contributed by atoms with Gasteiger partial charge in [-0.2, -0.15) is 0 Å². The Morgan fingerprint density at radius 2 is 1.57 bits per heavy atom. The fraction of sp³-hybridized carbons (Fsp3) is 0.278. The van der Waals surface area contributed by atoms with Crippen LogP contribution in [0.25, 0.3) is 0 Å². The van der Waals surface area contributed by atoms with E-state index in [0.717, 1.165) is 17.1 Å². The Balaban J connectivity index is 1.93. The smallest absolute Gasteiger partial charge is 0.265 e. The summed E-state index contributed by atoms with van der Waals surface area (Å²) < 4.78 is 10.7. The summed E-state index contributed by atoms with van der Waals surface area (Å²) in [6.07, 6.45) is -0.600. The van der Waals surface area contributed by atoms with E-state index in [4.69, 9.17) is 9.47 Å². The van der Waals surface area contributed by atoms with Gasteiger partial charge in [-0.15, -0.1) is 0 Å². The van der Waals surface area contributed by atoms with Crippen LogP contribution in [0.2, 0.25) is 0 Å². The Labute approximate surface area is 136 Å². The molecule has 0 aromatic heterocycles. The first-order chi connectivity index (χ1) is 11.0. The standard InChI is InChI=1S/C18H22N2O3/c1-13(23-17-11-9-16(22-4)10-12-17)18(21)19-14-5-7-15(8-6-14)20(2)3/h5-13H,1-4H3,(H,19,21). The fourth-order valence-electron chi connectivity index (χ4n) is 2.00. The van der Waals surface area contributed by atoms with Crippen LogP contribution >= 0.6 is 0 Å². The Bertz CT molecular complexity index is 636. The molecule has 1 atom stereocenters. The van der Waals surface area contributed by atoms with Gasteiger partial charge >= 0.3 is 0 Å². The van der Waals surface area contributed by atoms with Gasteiger partial charge in [0.1, 0.15) is 11.5 Å². The molecule has 0 saturated heterocycles. The number of anilines is 2. The van der Waals surface area contributed by atoms with Crippen molar-refractivity contribution in [1.82, 2.24) is 0 Å². The Kier molecular flexibility index (Phi) is 5.46. The van der Waals surface area contributed by atoms with E-state index in [1.807, 2.05) is 43.3 Å². The minimum absolute atomic E-state index is 0.196. The molecule has 2 aromatic rings. The Hall–Kier alpha value is -2.69. The molecule has 5 nitrogen and oxygen atoms in total. The van der Waals surface area contributed by atoms with Crippen LogP contribution in [0.15, 0.2) is 48.5 Å². The normalized spacial score (nSPS) is 11.5. The van der Waals surface area contributed by atoms with Gasteiger partial charge < -0.3 is 19.7 Å². The van der Waals surface area contributed by atoms with Gasteiger partial charge in [-0.05, 0) is 55.5 Å². The molecule has 0 bridgehead atoms. The third-order valence-electron chi connectivity index (χ3n) is 3.39. The van der Waals surface area contributed by atoms with E-state index in [2.05, 4.69) is 5.32 Å². The summed E-state index contributed by atoms with van der Waals surface area (Å²) in [5.41, 5.74) is 1.82. The van der Waals surface area contributed by atoms with Crippen molar-refractivity contribution in [3.8, 4) is 11.5 Å². The maximum atomic E-state index is 12.2. The van der Waals surface area contributed by atoms with Gasteiger partial charge in [-0.1, -0.05) is 0 Å². The number of rotatable bonds is 6. The first kappa shape index (κ1) is 16.7. The molecule has 0 aliphatic rings. The molecule has 0 aliphatic carbocycles. The quantitative estimate of drug-likeness (QED) is 0.890. The molecule has 0 aliphatic heterocycles. The molecule has 2 aromatic carbocycles. The van der Waals surface area contributed by atoms with Gasteiger partial charge in [0.15, 0.2) is 6.10 Å². The predicted molar refractivity (Wildman–Crippen MR) is 92.5 cm³/mol. The molecule has 0 heterocycles. The van der Waals surface area contributed by atoms with Gasteiger partial charge in [0.05, 0.1) is 7.11 Å². The van der Waals surface area contributed by atoms with Crippen LogP contribution in [0.5, 0.6) is 11.5 Å². The molecule has 122 valence electrons. The number of carbonyl (C=O) groups excluding carboxylic acids is 1. The largest absolute Gasteiger partial charge is 0.497 e. The highest BCUT2D eigenvalue weighted by Gasteiger charge is 2.15. The molecular weight excluding hydrogens is 292 g/mol. The molecule has 0 spiro atoms. The lowest BCUT2D eigenvalue weighted by molar-refractivity contribution is -0.122. The van der Waals surface area contributed by atoms with Crippen molar-refractivity contribution in [2.75, 3.05) is 31.4 Å². The molecule has 0 saturated carbocycles. The summed E-state index contributed by atoms with van der Waals surface area (Å²) in [6, 6.07) is 14.8. The summed E-state index contributed by atoms with van der Waals surface area (Å²) in [6.45, 7) is 1.72. The second kappa shape index (κ2) is 7.54. The first-order valence-electron chi connectivity index (χ1n) is 7.38. The maximum Gasteiger partial charge on any atom is 0.265 e. The van der Waals surface area contributed by atoms with Crippen molar-refractivity contribution >= 4 is 17.3 Å². The summed E-state index contributed by atoms with van der Waals surface area (Å²) in [5.74, 6) is 1.17. The van der Waals surface area contributed by atoms with Crippen LogP contribution in [0.1, 0.15) is 6.92 Å². The third-order valence-corrected chi connectivity index (χ3v) is 3.39. The van der Waals surface area contributed by atoms with Crippen molar-refractivity contribution < 1.29 is 14.3 Å². The molecule has 5 heteroatoms. The molecule has 1 N–H and O–H groups in total. The third kappa shape index (κ3) is 4.64. The van der Waals surface area contributed by atoms with E-state index >= 15 is 0 Å². The average Bonchev–Trinajstić information content (AvgIpc) is 2.56. The van der Waals surface area contributed by atoms with Gasteiger partial charge in [0, 0.05) is 25.5 Å². The zero-order chi connectivity index (χ0) is 16.8. The number of methoxy groups -OCH3 is 1. The number of nitrogens with zero attached hydrogens (tertiary/aromatic N) is 1. The molecular formula is C18H22N2O3. The van der Waals surface area contributed by atoms with E-state index in [1.54, 1.807) is 38.3 Å². The summed E-state index contributed by atoms with van der Waals surface area (Å²) in [5, 5.41) is 2.84. The van der Waals surface area contributed by atoms with Gasteiger partial charge in [0.25, 0.3) is 5.91 Å². The number of benzene rings is 2. The fourth-order valence-corrected chi connectivity index (χ4v) is 2.00. The summed E-state index contributed by atoms with van der Waals surface area (Å²) >= 11 is 0.